The molecule has 0 bridgehead atoms. The largest absolute Gasteiger partial charge is 0.392 e. The first-order valence-corrected chi connectivity index (χ1v) is 7.71. The lowest BCUT2D eigenvalue weighted by atomic mass is 9.93. The Hall–Kier alpha value is -1.23. The van der Waals surface area contributed by atoms with Gasteiger partial charge in [0.15, 0.2) is 0 Å². The Morgan fingerprint density at radius 2 is 1.95 bits per heavy atom. The second-order valence-electron chi connectivity index (χ2n) is 5.96. The zero-order valence-electron chi connectivity index (χ0n) is 12.3. The van der Waals surface area contributed by atoms with Crippen LogP contribution in [-0.4, -0.2) is 10.1 Å². The summed E-state index contributed by atoms with van der Waals surface area (Å²) in [6.07, 6.45) is 0. The molecule has 108 valence electrons. The van der Waals surface area contributed by atoms with Crippen LogP contribution in [0.1, 0.15) is 42.6 Å². The Morgan fingerprint density at radius 1 is 1.20 bits per heavy atom. The molecule has 4 heteroatoms. The van der Waals surface area contributed by atoms with Gasteiger partial charge in [-0.1, -0.05) is 45.0 Å². The summed E-state index contributed by atoms with van der Waals surface area (Å²) in [7, 11) is 0. The van der Waals surface area contributed by atoms with E-state index in [0.29, 0.717) is 0 Å². The third-order valence-electron chi connectivity index (χ3n) is 3.10. The average molecular weight is 290 g/mol. The van der Waals surface area contributed by atoms with Crippen LogP contribution >= 0.6 is 11.3 Å². The van der Waals surface area contributed by atoms with Crippen LogP contribution in [0.3, 0.4) is 0 Å². The van der Waals surface area contributed by atoms with Crippen molar-refractivity contribution in [3.63, 3.8) is 0 Å². The van der Waals surface area contributed by atoms with Gasteiger partial charge in [-0.2, -0.15) is 0 Å². The maximum absolute atomic E-state index is 9.12. The lowest BCUT2D eigenvalue weighted by Crippen LogP contribution is -2.14. The standard InChI is InChI=1S/C16H22N2OS/c1-16(2,3)14-11-20-15(18-14)9-17-8-12-5-4-6-13(7-12)10-19/h4-7,11,17,19H,8-10H2,1-3H3. The van der Waals surface area contributed by atoms with Gasteiger partial charge in [-0.05, 0) is 11.1 Å². The molecule has 0 aliphatic heterocycles. The van der Waals surface area contributed by atoms with Crippen molar-refractivity contribution in [2.45, 2.75) is 45.9 Å². The number of hydrogen-bond donors (Lipinski definition) is 2. The first-order chi connectivity index (χ1) is 9.49. The summed E-state index contributed by atoms with van der Waals surface area (Å²) >= 11 is 1.71. The molecule has 1 aromatic heterocycles. The Labute approximate surface area is 124 Å². The maximum Gasteiger partial charge on any atom is 0.107 e. The molecule has 0 saturated heterocycles. The van der Waals surface area contributed by atoms with Crippen molar-refractivity contribution in [1.82, 2.24) is 10.3 Å². The predicted octanol–water partition coefficient (Wildman–Crippen LogP) is 3.22. The summed E-state index contributed by atoms with van der Waals surface area (Å²) < 4.78 is 0. The first-order valence-electron chi connectivity index (χ1n) is 6.83. The smallest absolute Gasteiger partial charge is 0.107 e. The van der Waals surface area contributed by atoms with E-state index >= 15 is 0 Å². The summed E-state index contributed by atoms with van der Waals surface area (Å²) in [6, 6.07) is 7.99. The molecule has 0 aliphatic rings. The van der Waals surface area contributed by atoms with Gasteiger partial charge in [-0.25, -0.2) is 4.98 Å². The fourth-order valence-corrected chi connectivity index (χ4v) is 2.88. The SMILES string of the molecule is CC(C)(C)c1csc(CNCc2cccc(CO)c2)n1. The molecule has 0 fully saturated rings. The van der Waals surface area contributed by atoms with E-state index in [-0.39, 0.29) is 12.0 Å². The van der Waals surface area contributed by atoms with E-state index in [0.717, 1.165) is 29.4 Å². The van der Waals surface area contributed by atoms with Crippen LogP contribution in [0, 0.1) is 0 Å². The molecule has 0 radical (unpaired) electrons. The van der Waals surface area contributed by atoms with E-state index in [1.807, 2.05) is 18.2 Å². The highest BCUT2D eigenvalue weighted by atomic mass is 32.1. The molecule has 1 aromatic carbocycles. The number of hydrogen-bond acceptors (Lipinski definition) is 4. The monoisotopic (exact) mass is 290 g/mol. The molecular formula is C16H22N2OS. The molecule has 3 nitrogen and oxygen atoms in total. The number of aromatic nitrogens is 1. The lowest BCUT2D eigenvalue weighted by molar-refractivity contribution is 0.281. The van der Waals surface area contributed by atoms with Crippen LogP contribution in [0.5, 0.6) is 0 Å². The van der Waals surface area contributed by atoms with Crippen molar-refractivity contribution in [2.24, 2.45) is 0 Å². The molecule has 0 aliphatic carbocycles. The highest BCUT2D eigenvalue weighted by Gasteiger charge is 2.17. The highest BCUT2D eigenvalue weighted by Crippen LogP contribution is 2.23. The minimum Gasteiger partial charge on any atom is -0.392 e. The molecule has 0 saturated carbocycles. The molecular weight excluding hydrogens is 268 g/mol. The van der Waals surface area contributed by atoms with Crippen LogP contribution in [0.2, 0.25) is 0 Å². The van der Waals surface area contributed by atoms with Gasteiger partial charge in [-0.15, -0.1) is 11.3 Å². The highest BCUT2D eigenvalue weighted by molar-refractivity contribution is 7.09. The number of aliphatic hydroxyl groups excluding tert-OH is 1. The molecule has 1 heterocycles. The van der Waals surface area contributed by atoms with Gasteiger partial charge in [0.2, 0.25) is 0 Å². The Bertz CT molecular complexity index is 558. The van der Waals surface area contributed by atoms with Gasteiger partial charge >= 0.3 is 0 Å². The summed E-state index contributed by atoms with van der Waals surface area (Å²) in [5.74, 6) is 0. The minimum absolute atomic E-state index is 0.0925. The zero-order valence-corrected chi connectivity index (χ0v) is 13.1. The Balaban J connectivity index is 1.88. The number of nitrogens with zero attached hydrogens (tertiary/aromatic N) is 1. The van der Waals surface area contributed by atoms with Gasteiger partial charge in [-0.3, -0.25) is 0 Å². The molecule has 2 N–H and O–H groups in total. The van der Waals surface area contributed by atoms with Crippen LogP contribution in [0.4, 0.5) is 0 Å². The third-order valence-corrected chi connectivity index (χ3v) is 3.95. The normalized spacial score (nSPS) is 11.8. The van der Waals surface area contributed by atoms with Gasteiger partial charge < -0.3 is 10.4 Å². The fraction of sp³-hybridized carbons (Fsp3) is 0.438. The third kappa shape index (κ3) is 4.13. The molecule has 0 spiro atoms. The molecule has 2 aromatic rings. The van der Waals surface area contributed by atoms with E-state index in [4.69, 9.17) is 5.11 Å². The van der Waals surface area contributed by atoms with Crippen molar-refractivity contribution in [3.05, 3.63) is 51.5 Å². The predicted molar refractivity (Wildman–Crippen MR) is 83.7 cm³/mol. The van der Waals surface area contributed by atoms with E-state index in [2.05, 4.69) is 42.5 Å². The van der Waals surface area contributed by atoms with Gasteiger partial charge in [0, 0.05) is 23.9 Å². The second kappa shape index (κ2) is 6.48. The minimum atomic E-state index is 0.0925. The summed E-state index contributed by atoms with van der Waals surface area (Å²) in [5, 5.41) is 15.8. The van der Waals surface area contributed by atoms with Crippen molar-refractivity contribution in [1.29, 1.82) is 0 Å². The second-order valence-corrected chi connectivity index (χ2v) is 6.90. The number of nitrogens with one attached hydrogen (secondary N) is 1. The van der Waals surface area contributed by atoms with Gasteiger partial charge in [0.05, 0.1) is 12.3 Å². The maximum atomic E-state index is 9.12. The van der Waals surface area contributed by atoms with Crippen molar-refractivity contribution in [3.8, 4) is 0 Å². The van der Waals surface area contributed by atoms with Crippen molar-refractivity contribution < 1.29 is 5.11 Å². The summed E-state index contributed by atoms with van der Waals surface area (Å²) in [5.41, 5.74) is 3.41. The topological polar surface area (TPSA) is 45.1 Å². The summed E-state index contributed by atoms with van der Waals surface area (Å²) in [4.78, 5) is 4.66. The Morgan fingerprint density at radius 3 is 2.60 bits per heavy atom. The van der Waals surface area contributed by atoms with E-state index < -0.39 is 0 Å². The van der Waals surface area contributed by atoms with Gasteiger partial charge in [0.1, 0.15) is 5.01 Å². The van der Waals surface area contributed by atoms with Crippen LogP contribution < -0.4 is 5.32 Å². The first kappa shape index (κ1) is 15.2. The fourth-order valence-electron chi connectivity index (χ4n) is 1.89. The molecule has 0 atom stereocenters. The lowest BCUT2D eigenvalue weighted by Gasteiger charge is -2.14. The average Bonchev–Trinajstić information content (AvgIpc) is 2.88. The van der Waals surface area contributed by atoms with Gasteiger partial charge in [0.25, 0.3) is 0 Å². The van der Waals surface area contributed by atoms with Crippen molar-refractivity contribution in [2.75, 3.05) is 0 Å². The molecule has 2 rings (SSSR count). The number of rotatable bonds is 5. The Kier molecular flexibility index (Phi) is 4.91. The molecule has 20 heavy (non-hydrogen) atoms. The number of aliphatic hydroxyl groups is 1. The van der Waals surface area contributed by atoms with E-state index in [1.165, 1.54) is 5.56 Å². The van der Waals surface area contributed by atoms with Crippen LogP contribution in [-0.2, 0) is 25.1 Å². The van der Waals surface area contributed by atoms with Crippen LogP contribution in [0.15, 0.2) is 29.6 Å². The van der Waals surface area contributed by atoms with E-state index in [1.54, 1.807) is 11.3 Å². The van der Waals surface area contributed by atoms with E-state index in [9.17, 15) is 0 Å². The van der Waals surface area contributed by atoms with Crippen molar-refractivity contribution >= 4 is 11.3 Å². The van der Waals surface area contributed by atoms with Crippen LogP contribution in [0.25, 0.3) is 0 Å². The molecule has 0 amide bonds. The zero-order chi connectivity index (χ0) is 14.6. The number of benzene rings is 1. The number of thiazole rings is 1. The summed E-state index contributed by atoms with van der Waals surface area (Å²) in [6.45, 7) is 8.20. The quantitative estimate of drug-likeness (QED) is 0.888. The molecule has 0 unspecified atom stereocenters.